The summed E-state index contributed by atoms with van der Waals surface area (Å²) in [5.41, 5.74) is -0.140. The molecule has 0 bridgehead atoms. The Balaban J connectivity index is 1.68. The molecule has 1 fully saturated rings. The minimum Gasteiger partial charge on any atom is -0.493 e. The maximum atomic E-state index is 11.7. The fourth-order valence-electron chi connectivity index (χ4n) is 5.68. The Morgan fingerprint density at radius 3 is 2.54 bits per heavy atom. The second kappa shape index (κ2) is 11.8. The molecule has 0 aromatic heterocycles. The van der Waals surface area contributed by atoms with Gasteiger partial charge in [0.15, 0.2) is 11.5 Å². The second-order valence-corrected chi connectivity index (χ2v) is 10.6. The number of nitrogens with zero attached hydrogens (tertiary/aromatic N) is 1. The zero-order valence-electron chi connectivity index (χ0n) is 22.4. The number of methoxy groups -OCH3 is 1. The number of hydrogen-bond acceptors (Lipinski definition) is 6. The van der Waals surface area contributed by atoms with Gasteiger partial charge >= 0.3 is 5.97 Å². The van der Waals surface area contributed by atoms with Crippen LogP contribution in [0.25, 0.3) is 0 Å². The maximum Gasteiger partial charge on any atom is 0.303 e. The van der Waals surface area contributed by atoms with Crippen molar-refractivity contribution in [3.05, 3.63) is 42.3 Å². The highest BCUT2D eigenvalue weighted by molar-refractivity contribution is 5.66. The lowest BCUT2D eigenvalue weighted by molar-refractivity contribution is -0.148. The average Bonchev–Trinajstić information content (AvgIpc) is 2.80. The molecule has 0 heterocycles. The minimum atomic E-state index is -1.09. The molecule has 1 aromatic carbocycles. The van der Waals surface area contributed by atoms with Gasteiger partial charge in [0.1, 0.15) is 12.7 Å². The van der Waals surface area contributed by atoms with Gasteiger partial charge in [0, 0.05) is 32.0 Å². The fourth-order valence-corrected chi connectivity index (χ4v) is 5.68. The zero-order valence-corrected chi connectivity index (χ0v) is 22.4. The van der Waals surface area contributed by atoms with Crippen LogP contribution in [-0.4, -0.2) is 60.5 Å². The van der Waals surface area contributed by atoms with Crippen LogP contribution >= 0.6 is 0 Å². The predicted molar refractivity (Wildman–Crippen MR) is 137 cm³/mol. The van der Waals surface area contributed by atoms with Gasteiger partial charge in [-0.15, -0.1) is 0 Å². The number of para-hydroxylation sites is 2. The van der Waals surface area contributed by atoms with E-state index in [9.17, 15) is 9.90 Å². The first kappa shape index (κ1) is 27.5. The van der Waals surface area contributed by atoms with Crippen molar-refractivity contribution >= 4 is 5.97 Å². The topological polar surface area (TPSA) is 68.2 Å². The Bertz CT molecular complexity index is 884. The van der Waals surface area contributed by atoms with Crippen LogP contribution in [0.4, 0.5) is 0 Å². The number of esters is 1. The molecule has 0 unspecified atom stereocenters. The molecule has 1 saturated carbocycles. The minimum absolute atomic E-state index is 0.0353. The van der Waals surface area contributed by atoms with Gasteiger partial charge in [0.2, 0.25) is 0 Å². The lowest BCUT2D eigenvalue weighted by Crippen LogP contribution is -2.57. The largest absolute Gasteiger partial charge is 0.493 e. The molecule has 6 nitrogen and oxygen atoms in total. The van der Waals surface area contributed by atoms with Gasteiger partial charge < -0.3 is 19.3 Å². The lowest BCUT2D eigenvalue weighted by atomic mass is 9.57. The molecular weight excluding hydrogens is 442 g/mol. The first-order chi connectivity index (χ1) is 16.6. The summed E-state index contributed by atoms with van der Waals surface area (Å²) in [5, 5.41) is 11.7. The average molecular weight is 486 g/mol. The molecule has 2 radical (unpaired) electrons. The Morgan fingerprint density at radius 1 is 1.23 bits per heavy atom. The summed E-state index contributed by atoms with van der Waals surface area (Å²) in [6.45, 7) is 14.5. The van der Waals surface area contributed by atoms with Crippen LogP contribution < -0.4 is 9.47 Å². The highest BCUT2D eigenvalue weighted by atomic mass is 16.5. The molecule has 6 heteroatoms. The summed E-state index contributed by atoms with van der Waals surface area (Å²) < 4.78 is 16.9. The molecule has 0 saturated heterocycles. The third-order valence-electron chi connectivity index (χ3n) is 7.84. The summed E-state index contributed by atoms with van der Waals surface area (Å²) in [7, 11) is 1.65. The molecule has 2 aliphatic rings. The van der Waals surface area contributed by atoms with Crippen molar-refractivity contribution in [3.8, 4) is 11.5 Å². The van der Waals surface area contributed by atoms with Gasteiger partial charge in [-0.05, 0) is 69.1 Å². The highest BCUT2D eigenvalue weighted by Crippen LogP contribution is 2.50. The SMILES string of the molecule is COc1ccccc1OCCN(C[C@@H](C)[C@@H]1CC[C@@H](C)[C@]2(O)[C][C@@H](OC(C)=O)C(C)=C[C@H]12)C(C)C. The van der Waals surface area contributed by atoms with Crippen LogP contribution in [0.2, 0.25) is 0 Å². The number of aliphatic hydroxyl groups is 1. The smallest absolute Gasteiger partial charge is 0.303 e. The van der Waals surface area contributed by atoms with Crippen LogP contribution in [0.3, 0.4) is 0 Å². The van der Waals surface area contributed by atoms with E-state index < -0.39 is 11.7 Å². The van der Waals surface area contributed by atoms with Gasteiger partial charge in [0.25, 0.3) is 0 Å². The van der Waals surface area contributed by atoms with Gasteiger partial charge in [-0.2, -0.15) is 0 Å². The van der Waals surface area contributed by atoms with Crippen molar-refractivity contribution in [1.82, 2.24) is 4.90 Å². The predicted octanol–water partition coefficient (Wildman–Crippen LogP) is 4.79. The quantitative estimate of drug-likeness (QED) is 0.380. The maximum absolute atomic E-state index is 11.7. The summed E-state index contributed by atoms with van der Waals surface area (Å²) in [5.74, 6) is 1.85. The van der Waals surface area contributed by atoms with Gasteiger partial charge in [-0.1, -0.05) is 32.1 Å². The molecule has 6 atom stereocenters. The fraction of sp³-hybridized carbons (Fsp3) is 0.655. The molecule has 194 valence electrons. The van der Waals surface area contributed by atoms with Gasteiger partial charge in [-0.3, -0.25) is 9.69 Å². The second-order valence-electron chi connectivity index (χ2n) is 10.6. The summed E-state index contributed by atoms with van der Waals surface area (Å²) >= 11 is 0. The van der Waals surface area contributed by atoms with Crippen molar-refractivity contribution in [2.45, 2.75) is 72.1 Å². The van der Waals surface area contributed by atoms with Crippen molar-refractivity contribution in [1.29, 1.82) is 0 Å². The molecule has 35 heavy (non-hydrogen) atoms. The molecule has 0 aliphatic heterocycles. The van der Waals surface area contributed by atoms with E-state index in [-0.39, 0.29) is 17.8 Å². The van der Waals surface area contributed by atoms with E-state index in [1.54, 1.807) is 7.11 Å². The van der Waals surface area contributed by atoms with Crippen LogP contribution in [0.15, 0.2) is 35.9 Å². The molecule has 3 rings (SSSR count). The molecule has 1 N–H and O–H groups in total. The van der Waals surface area contributed by atoms with E-state index >= 15 is 0 Å². The Labute approximate surface area is 211 Å². The highest BCUT2D eigenvalue weighted by Gasteiger charge is 2.53. The number of carbonyl (C=O) groups is 1. The first-order valence-corrected chi connectivity index (χ1v) is 12.9. The van der Waals surface area contributed by atoms with Gasteiger partial charge in [-0.25, -0.2) is 0 Å². The van der Waals surface area contributed by atoms with Crippen LogP contribution in [0.1, 0.15) is 54.4 Å². The Hall–Kier alpha value is -2.05. The normalized spacial score (nSPS) is 29.4. The van der Waals surface area contributed by atoms with Crippen molar-refractivity contribution in [2.24, 2.45) is 23.7 Å². The first-order valence-electron chi connectivity index (χ1n) is 12.9. The van der Waals surface area contributed by atoms with Crippen molar-refractivity contribution in [3.63, 3.8) is 0 Å². The molecule has 2 aliphatic carbocycles. The zero-order chi connectivity index (χ0) is 25.8. The molecular formula is C29H43NO5. The molecule has 0 spiro atoms. The van der Waals surface area contributed by atoms with Crippen LogP contribution in [0.5, 0.6) is 11.5 Å². The third kappa shape index (κ3) is 6.39. The summed E-state index contributed by atoms with van der Waals surface area (Å²) in [4.78, 5) is 14.0. The van der Waals surface area contributed by atoms with E-state index in [0.717, 1.165) is 43.0 Å². The molecule has 0 amide bonds. The number of hydrogen-bond donors (Lipinski definition) is 1. The van der Waals surface area contributed by atoms with Gasteiger partial charge in [0.05, 0.1) is 19.1 Å². The molecule has 1 aromatic rings. The van der Waals surface area contributed by atoms with E-state index in [1.807, 2.05) is 31.2 Å². The Morgan fingerprint density at radius 2 is 1.91 bits per heavy atom. The number of carbonyl (C=O) groups excluding carboxylic acids is 1. The van der Waals surface area contributed by atoms with E-state index in [0.29, 0.717) is 24.5 Å². The van der Waals surface area contributed by atoms with E-state index in [1.165, 1.54) is 6.92 Å². The summed E-state index contributed by atoms with van der Waals surface area (Å²) in [6, 6.07) is 8.09. The third-order valence-corrected chi connectivity index (χ3v) is 7.84. The monoisotopic (exact) mass is 485 g/mol. The number of ether oxygens (including phenoxy) is 3. The van der Waals surface area contributed by atoms with E-state index in [4.69, 9.17) is 14.2 Å². The van der Waals surface area contributed by atoms with Crippen LogP contribution in [0, 0.1) is 30.1 Å². The summed E-state index contributed by atoms with van der Waals surface area (Å²) in [6.07, 6.45) is 6.83. The standard InChI is InChI=1S/C29H43NO5/c1-19(2)30(14-15-34-27-11-9-8-10-26(27)33-7)18-21(4)24-13-12-22(5)29(32)17-28(35-23(6)31)20(3)16-25(24)29/h8-11,16,19,21-22,24-25,28,32H,12-15,18H2,1-7H3/t21-,22-,24+,25-,28-,29-/m1/s1. The number of benzene rings is 1. The number of fused-ring (bicyclic) bond motifs is 1. The van der Waals surface area contributed by atoms with E-state index in [2.05, 4.69) is 45.1 Å². The lowest BCUT2D eigenvalue weighted by Gasteiger charge is -2.52. The van der Waals surface area contributed by atoms with Crippen LogP contribution in [-0.2, 0) is 9.53 Å². The number of rotatable bonds is 10. The van der Waals surface area contributed by atoms with Crippen molar-refractivity contribution in [2.75, 3.05) is 26.8 Å². The Kier molecular flexibility index (Phi) is 9.28. The van der Waals surface area contributed by atoms with Crippen molar-refractivity contribution < 1.29 is 24.1 Å².